The summed E-state index contributed by atoms with van der Waals surface area (Å²) in [7, 11) is 0. The smallest absolute Gasteiger partial charge is 0.148 e. The predicted octanol–water partition coefficient (Wildman–Crippen LogP) is 16.1. The van der Waals surface area contributed by atoms with Crippen LogP contribution in [0.15, 0.2) is 127 Å². The number of phenolic OH excluding ortho intramolecular Hbond substituents is 1. The van der Waals surface area contributed by atoms with Gasteiger partial charge in [0.2, 0.25) is 0 Å². The van der Waals surface area contributed by atoms with E-state index < -0.39 is 28.5 Å². The van der Waals surface area contributed by atoms with Crippen molar-refractivity contribution in [1.29, 1.82) is 0 Å². The minimum atomic E-state index is -0.718. The Hall–Kier alpha value is -5.57. The topological polar surface area (TPSA) is 50.9 Å². The molecule has 0 unspecified atom stereocenters. The summed E-state index contributed by atoms with van der Waals surface area (Å²) in [6.45, 7) is 28.8. The van der Waals surface area contributed by atoms with Crippen LogP contribution >= 0.6 is 0 Å². The van der Waals surface area contributed by atoms with Crippen molar-refractivity contribution in [2.75, 3.05) is 0 Å². The number of hydrogen-bond donors (Lipinski definition) is 1. The van der Waals surface area contributed by atoms with Crippen molar-refractivity contribution >= 4 is 11.0 Å². The minimum absolute atomic E-state index is 0. The van der Waals surface area contributed by atoms with Crippen molar-refractivity contribution in [1.82, 2.24) is 14.5 Å². The number of pyridine rings is 1. The van der Waals surface area contributed by atoms with Gasteiger partial charge in [-0.2, -0.15) is 0 Å². The Morgan fingerprint density at radius 2 is 1.22 bits per heavy atom. The number of phenols is 1. The van der Waals surface area contributed by atoms with Crippen molar-refractivity contribution in [2.45, 2.75) is 119 Å². The second-order valence-electron chi connectivity index (χ2n) is 21.3. The summed E-state index contributed by atoms with van der Waals surface area (Å²) in [6, 6.07) is 30.3. The molecule has 336 valence electrons. The Morgan fingerprint density at radius 3 is 1.85 bits per heavy atom. The molecule has 0 saturated heterocycles. The molecular formula is C60H64N3OPt-. The third kappa shape index (κ3) is 9.43. The van der Waals surface area contributed by atoms with E-state index in [4.69, 9.17) is 13.2 Å². The van der Waals surface area contributed by atoms with Gasteiger partial charge in [0.05, 0.1) is 26.2 Å². The minimum Gasteiger partial charge on any atom is -0.507 e. The average Bonchev–Trinajstić information content (AvgIpc) is 3.67. The molecule has 0 amide bonds. The third-order valence-electron chi connectivity index (χ3n) is 12.2. The molecule has 4 nitrogen and oxygen atoms in total. The summed E-state index contributed by atoms with van der Waals surface area (Å²) in [5.74, 6) is 0.709. The van der Waals surface area contributed by atoms with Crippen LogP contribution in [-0.2, 0) is 42.7 Å². The van der Waals surface area contributed by atoms with Gasteiger partial charge in [-0.15, -0.1) is 29.3 Å². The van der Waals surface area contributed by atoms with Gasteiger partial charge in [0.1, 0.15) is 11.6 Å². The first-order chi connectivity index (χ1) is 32.9. The Kier molecular flexibility index (Phi) is 10.3. The van der Waals surface area contributed by atoms with Crippen LogP contribution in [0.2, 0.25) is 0 Å². The fourth-order valence-electron chi connectivity index (χ4n) is 8.11. The molecule has 0 radical (unpaired) electrons. The quantitative estimate of drug-likeness (QED) is 0.169. The number of benzene rings is 6. The van der Waals surface area contributed by atoms with E-state index in [1.54, 1.807) is 0 Å². The maximum absolute atomic E-state index is 12.5. The van der Waals surface area contributed by atoms with Gasteiger partial charge in [0.15, 0.2) is 0 Å². The number of imidazole rings is 1. The Balaban J connectivity index is 0.00000760. The Bertz CT molecular complexity index is 3430. The Morgan fingerprint density at radius 1 is 0.585 bits per heavy atom. The molecule has 0 saturated carbocycles. The zero-order valence-corrected chi connectivity index (χ0v) is 42.5. The summed E-state index contributed by atoms with van der Waals surface area (Å²) < 4.78 is 65.9. The van der Waals surface area contributed by atoms with Crippen LogP contribution in [0.25, 0.3) is 72.7 Å². The molecule has 0 spiro atoms. The van der Waals surface area contributed by atoms with Crippen LogP contribution < -0.4 is 0 Å². The molecule has 0 fully saturated rings. The van der Waals surface area contributed by atoms with Crippen LogP contribution in [0, 0.1) is 19.9 Å². The first-order valence-electron chi connectivity index (χ1n) is 25.7. The number of nitrogens with zero attached hydrogens (tertiary/aromatic N) is 3. The molecule has 0 aliphatic carbocycles. The van der Waals surface area contributed by atoms with Crippen LogP contribution in [0.4, 0.5) is 0 Å². The van der Waals surface area contributed by atoms with E-state index in [1.807, 2.05) is 63.2 Å². The largest absolute Gasteiger partial charge is 0.507 e. The second-order valence-corrected chi connectivity index (χ2v) is 21.3. The predicted molar refractivity (Wildman–Crippen MR) is 271 cm³/mol. The number of aromatic hydroxyl groups is 1. The van der Waals surface area contributed by atoms with Crippen LogP contribution in [0.3, 0.4) is 0 Å². The molecule has 0 bridgehead atoms. The number of rotatable bonds is 6. The SMILES string of the molecule is [2H]c1nc(-c2[c-]c(-c3cccc4c3nc(-c3cc(C(C)(C)C)cc(C(C)(C)C)c3O)n4-c3cc(C)c(C)c(-c4ccccc4)c3)cc(C(C)(C)C)c2)c([2H])c(-c2c([2H])c([2H])c(C(C)(C)C)c([2H])c2[2H])c1[2H].[Pt]. The normalized spacial score (nSPS) is 13.9. The molecule has 8 aromatic rings. The van der Waals surface area contributed by atoms with Crippen LogP contribution in [-0.4, -0.2) is 19.6 Å². The zero-order valence-electron chi connectivity index (χ0n) is 47.2. The number of aryl methyl sites for hydroxylation is 1. The van der Waals surface area contributed by atoms with Crippen molar-refractivity contribution in [3.05, 3.63) is 167 Å². The van der Waals surface area contributed by atoms with Crippen LogP contribution in [0.1, 0.15) is 126 Å². The first kappa shape index (κ1) is 38.7. The van der Waals surface area contributed by atoms with Crippen molar-refractivity contribution in [3.8, 4) is 67.5 Å². The molecule has 6 aromatic carbocycles. The fraction of sp³-hybridized carbons (Fsp3) is 0.300. The standard InChI is InChI=1S/C60H64N3O.Pt/c1-37-29-47(36-49(38(37)2)40-19-16-15-17-20-40)63-53-22-18-21-48(54(53)62-56(63)50-34-46(59(9,10)11)35-51(55(50)64)60(12,13)14)42-30-43(32-45(31-42)58(6,7)8)52-33-41(27-28-61-52)39-23-25-44(26-24-39)57(3,4)5;/h15-29,31-36,64H,1-14H3;/q-1;/i23D,24D,25D,26D,27D,28D,33D;. The number of aromatic nitrogens is 3. The zero-order chi connectivity index (χ0) is 52.2. The maximum Gasteiger partial charge on any atom is 0.148 e. The number of para-hydroxylation sites is 1. The van der Waals surface area contributed by atoms with Gasteiger partial charge in [-0.3, -0.25) is 9.55 Å². The molecule has 8 rings (SSSR count). The number of hydrogen-bond acceptors (Lipinski definition) is 3. The van der Waals surface area contributed by atoms with E-state index in [-0.39, 0.29) is 84.8 Å². The molecule has 2 aromatic heterocycles. The van der Waals surface area contributed by atoms with E-state index >= 15 is 0 Å². The van der Waals surface area contributed by atoms with E-state index in [1.165, 1.54) is 0 Å². The number of fused-ring (bicyclic) bond motifs is 1. The van der Waals surface area contributed by atoms with Gasteiger partial charge in [-0.25, -0.2) is 4.98 Å². The summed E-state index contributed by atoms with van der Waals surface area (Å²) in [5.41, 5.74) is 9.72. The van der Waals surface area contributed by atoms with Gasteiger partial charge < -0.3 is 5.11 Å². The maximum atomic E-state index is 12.5. The molecule has 2 heterocycles. The van der Waals surface area contributed by atoms with E-state index in [9.17, 15) is 6.48 Å². The summed E-state index contributed by atoms with van der Waals surface area (Å²) in [6.07, 6.45) is -0.473. The summed E-state index contributed by atoms with van der Waals surface area (Å²) >= 11 is 0. The molecule has 0 aliphatic rings. The summed E-state index contributed by atoms with van der Waals surface area (Å²) in [4.78, 5) is 10.1. The van der Waals surface area contributed by atoms with Crippen molar-refractivity contribution in [2.24, 2.45) is 0 Å². The van der Waals surface area contributed by atoms with Crippen molar-refractivity contribution in [3.63, 3.8) is 0 Å². The Labute approximate surface area is 412 Å². The molecule has 65 heavy (non-hydrogen) atoms. The van der Waals surface area contributed by atoms with Gasteiger partial charge in [0.25, 0.3) is 0 Å². The molecule has 5 heteroatoms. The second kappa shape index (κ2) is 17.3. The van der Waals surface area contributed by atoms with Gasteiger partial charge >= 0.3 is 0 Å². The fourth-order valence-corrected chi connectivity index (χ4v) is 8.11. The van der Waals surface area contributed by atoms with E-state index in [0.717, 1.165) is 55.7 Å². The summed E-state index contributed by atoms with van der Waals surface area (Å²) in [5, 5.41) is 12.5. The van der Waals surface area contributed by atoms with E-state index in [0.29, 0.717) is 28.0 Å². The van der Waals surface area contributed by atoms with Crippen LogP contribution in [0.5, 0.6) is 5.75 Å². The monoisotopic (exact) mass is 1040 g/mol. The van der Waals surface area contributed by atoms with Gasteiger partial charge in [0, 0.05) is 44.2 Å². The van der Waals surface area contributed by atoms with Crippen molar-refractivity contribution < 1.29 is 35.8 Å². The first-order valence-corrected chi connectivity index (χ1v) is 22.2. The molecule has 0 atom stereocenters. The van der Waals surface area contributed by atoms with Gasteiger partial charge in [-0.1, -0.05) is 173 Å². The molecular weight excluding hydrogens is 974 g/mol. The molecule has 0 aliphatic heterocycles. The van der Waals surface area contributed by atoms with E-state index in [2.05, 4.69) is 134 Å². The third-order valence-corrected chi connectivity index (χ3v) is 12.2. The van der Waals surface area contributed by atoms with Gasteiger partial charge in [-0.05, 0) is 110 Å². The molecule has 1 N–H and O–H groups in total. The average molecular weight is 1050 g/mol.